The van der Waals surface area contributed by atoms with Gasteiger partial charge in [-0.25, -0.2) is 9.97 Å². The molecule has 2 rings (SSSR count). The van der Waals surface area contributed by atoms with Crippen LogP contribution in [0.15, 0.2) is 12.3 Å². The van der Waals surface area contributed by atoms with Crippen LogP contribution < -0.4 is 5.32 Å². The van der Waals surface area contributed by atoms with Crippen molar-refractivity contribution in [3.05, 3.63) is 18.0 Å². The quantitative estimate of drug-likeness (QED) is 0.845. The van der Waals surface area contributed by atoms with Crippen molar-refractivity contribution in [1.82, 2.24) is 9.97 Å². The van der Waals surface area contributed by atoms with E-state index in [-0.39, 0.29) is 5.91 Å². The van der Waals surface area contributed by atoms with Crippen LogP contribution in [-0.2, 0) is 4.79 Å². The molecule has 0 radical (unpaired) electrons. The van der Waals surface area contributed by atoms with E-state index in [2.05, 4.69) is 15.3 Å². The van der Waals surface area contributed by atoms with Crippen LogP contribution in [0.5, 0.6) is 0 Å². The first-order valence-corrected chi connectivity index (χ1v) is 5.78. The third kappa shape index (κ3) is 3.02. The summed E-state index contributed by atoms with van der Waals surface area (Å²) in [5, 5.41) is 2.74. The van der Waals surface area contributed by atoms with E-state index in [1.165, 1.54) is 12.8 Å². The van der Waals surface area contributed by atoms with Crippen LogP contribution in [0.4, 0.5) is 5.95 Å². The van der Waals surface area contributed by atoms with Crippen molar-refractivity contribution in [1.29, 1.82) is 0 Å². The largest absolute Gasteiger partial charge is 0.295 e. The molecule has 0 atom stereocenters. The first kappa shape index (κ1) is 11.0. The summed E-state index contributed by atoms with van der Waals surface area (Å²) in [7, 11) is 0. The molecule has 4 nitrogen and oxygen atoms in total. The van der Waals surface area contributed by atoms with Gasteiger partial charge in [-0.15, -0.1) is 0 Å². The topological polar surface area (TPSA) is 54.9 Å². The third-order valence-electron chi connectivity index (χ3n) is 2.52. The van der Waals surface area contributed by atoms with E-state index in [1.807, 2.05) is 19.9 Å². The molecule has 1 aromatic rings. The number of nitrogens with one attached hydrogen (secondary N) is 1. The van der Waals surface area contributed by atoms with Gasteiger partial charge < -0.3 is 0 Å². The van der Waals surface area contributed by atoms with Crippen molar-refractivity contribution in [3.8, 4) is 0 Å². The van der Waals surface area contributed by atoms with Crippen molar-refractivity contribution in [2.75, 3.05) is 5.32 Å². The van der Waals surface area contributed by atoms with E-state index in [0.717, 1.165) is 5.69 Å². The van der Waals surface area contributed by atoms with Crippen molar-refractivity contribution < 1.29 is 4.79 Å². The standard InChI is InChI=1S/C12H17N3O/c1-8(2)7-11(16)15-12-13-6-5-10(14-12)9-3-4-9/h5-6,8-9H,3-4,7H2,1-2H3,(H,13,14,15,16). The van der Waals surface area contributed by atoms with Gasteiger partial charge in [0.05, 0.1) is 0 Å². The molecule has 1 aliphatic rings. The molecule has 0 spiro atoms. The van der Waals surface area contributed by atoms with Crippen LogP contribution in [0.2, 0.25) is 0 Å². The Morgan fingerprint density at radius 2 is 2.31 bits per heavy atom. The number of aromatic nitrogens is 2. The van der Waals surface area contributed by atoms with Crippen LogP contribution in [0, 0.1) is 5.92 Å². The number of hydrogen-bond donors (Lipinski definition) is 1. The first-order chi connectivity index (χ1) is 7.65. The zero-order valence-electron chi connectivity index (χ0n) is 9.73. The van der Waals surface area contributed by atoms with E-state index in [4.69, 9.17) is 0 Å². The number of nitrogens with zero attached hydrogens (tertiary/aromatic N) is 2. The highest BCUT2D eigenvalue weighted by Gasteiger charge is 2.25. The van der Waals surface area contributed by atoms with Gasteiger partial charge in [0, 0.05) is 24.2 Å². The number of anilines is 1. The zero-order valence-corrected chi connectivity index (χ0v) is 9.73. The Kier molecular flexibility index (Phi) is 3.17. The molecule has 0 bridgehead atoms. The lowest BCUT2D eigenvalue weighted by Crippen LogP contribution is -2.16. The van der Waals surface area contributed by atoms with Gasteiger partial charge in [0.1, 0.15) is 0 Å². The second-order valence-electron chi connectivity index (χ2n) is 4.73. The molecule has 1 aromatic heterocycles. The van der Waals surface area contributed by atoms with Gasteiger partial charge in [0.2, 0.25) is 11.9 Å². The molecule has 86 valence electrons. The van der Waals surface area contributed by atoms with Crippen molar-refractivity contribution in [2.45, 2.75) is 39.0 Å². The van der Waals surface area contributed by atoms with Crippen LogP contribution in [-0.4, -0.2) is 15.9 Å². The number of amides is 1. The number of carbonyl (C=O) groups is 1. The first-order valence-electron chi connectivity index (χ1n) is 5.78. The normalized spacial score (nSPS) is 15.2. The van der Waals surface area contributed by atoms with Gasteiger partial charge in [0.25, 0.3) is 0 Å². The predicted molar refractivity (Wildman–Crippen MR) is 62.1 cm³/mol. The second-order valence-corrected chi connectivity index (χ2v) is 4.73. The summed E-state index contributed by atoms with van der Waals surface area (Å²) in [4.78, 5) is 19.9. The Morgan fingerprint density at radius 1 is 1.56 bits per heavy atom. The summed E-state index contributed by atoms with van der Waals surface area (Å²) in [5.74, 6) is 1.37. The molecule has 1 heterocycles. The minimum absolute atomic E-state index is 0.0112. The highest BCUT2D eigenvalue weighted by atomic mass is 16.1. The lowest BCUT2D eigenvalue weighted by atomic mass is 10.1. The molecule has 1 aliphatic carbocycles. The van der Waals surface area contributed by atoms with E-state index in [1.54, 1.807) is 6.20 Å². The van der Waals surface area contributed by atoms with Gasteiger partial charge >= 0.3 is 0 Å². The molecule has 4 heteroatoms. The Morgan fingerprint density at radius 3 is 2.94 bits per heavy atom. The monoisotopic (exact) mass is 219 g/mol. The summed E-state index contributed by atoms with van der Waals surface area (Å²) in [6.45, 7) is 4.03. The van der Waals surface area contributed by atoms with E-state index < -0.39 is 0 Å². The predicted octanol–water partition coefficient (Wildman–Crippen LogP) is 2.34. The van der Waals surface area contributed by atoms with Crippen LogP contribution >= 0.6 is 0 Å². The molecular weight excluding hydrogens is 202 g/mol. The van der Waals surface area contributed by atoms with Crippen LogP contribution in [0.3, 0.4) is 0 Å². The molecule has 0 aromatic carbocycles. The van der Waals surface area contributed by atoms with E-state index >= 15 is 0 Å². The fraction of sp³-hybridized carbons (Fsp3) is 0.583. The fourth-order valence-electron chi connectivity index (χ4n) is 1.59. The van der Waals surface area contributed by atoms with E-state index in [0.29, 0.717) is 24.2 Å². The van der Waals surface area contributed by atoms with Gasteiger partial charge in [-0.1, -0.05) is 13.8 Å². The Hall–Kier alpha value is -1.45. The van der Waals surface area contributed by atoms with Crippen molar-refractivity contribution >= 4 is 11.9 Å². The molecular formula is C12H17N3O. The Labute approximate surface area is 95.5 Å². The molecule has 16 heavy (non-hydrogen) atoms. The van der Waals surface area contributed by atoms with Crippen LogP contribution in [0.25, 0.3) is 0 Å². The van der Waals surface area contributed by atoms with Gasteiger partial charge in [-0.05, 0) is 24.8 Å². The number of hydrogen-bond acceptors (Lipinski definition) is 3. The average molecular weight is 219 g/mol. The maximum atomic E-state index is 11.5. The summed E-state index contributed by atoms with van der Waals surface area (Å²) in [6, 6.07) is 1.93. The van der Waals surface area contributed by atoms with Gasteiger partial charge in [-0.3, -0.25) is 10.1 Å². The third-order valence-corrected chi connectivity index (χ3v) is 2.52. The highest BCUT2D eigenvalue weighted by molar-refractivity contribution is 5.88. The minimum atomic E-state index is -0.0112. The Bertz CT molecular complexity index is 386. The maximum absolute atomic E-state index is 11.5. The van der Waals surface area contributed by atoms with E-state index in [9.17, 15) is 4.79 Å². The Balaban J connectivity index is 1.98. The maximum Gasteiger partial charge on any atom is 0.229 e. The molecule has 0 aliphatic heterocycles. The molecule has 1 saturated carbocycles. The molecule has 1 fully saturated rings. The minimum Gasteiger partial charge on any atom is -0.295 e. The second kappa shape index (κ2) is 4.60. The highest BCUT2D eigenvalue weighted by Crippen LogP contribution is 2.38. The molecule has 0 unspecified atom stereocenters. The van der Waals surface area contributed by atoms with Crippen molar-refractivity contribution in [3.63, 3.8) is 0 Å². The van der Waals surface area contributed by atoms with Gasteiger partial charge in [-0.2, -0.15) is 0 Å². The average Bonchev–Trinajstić information content (AvgIpc) is 2.99. The summed E-state index contributed by atoms with van der Waals surface area (Å²) in [5.41, 5.74) is 1.05. The number of rotatable bonds is 4. The SMILES string of the molecule is CC(C)CC(=O)Nc1nccc(C2CC2)n1. The summed E-state index contributed by atoms with van der Waals surface area (Å²) in [6.07, 6.45) is 4.63. The summed E-state index contributed by atoms with van der Waals surface area (Å²) >= 11 is 0. The number of carbonyl (C=O) groups excluding carboxylic acids is 1. The van der Waals surface area contributed by atoms with Gasteiger partial charge in [0.15, 0.2) is 0 Å². The summed E-state index contributed by atoms with van der Waals surface area (Å²) < 4.78 is 0. The molecule has 0 saturated heterocycles. The lowest BCUT2D eigenvalue weighted by Gasteiger charge is -2.06. The lowest BCUT2D eigenvalue weighted by molar-refractivity contribution is -0.116. The smallest absolute Gasteiger partial charge is 0.229 e. The molecule has 1 N–H and O–H groups in total. The van der Waals surface area contributed by atoms with Crippen LogP contribution in [0.1, 0.15) is 44.7 Å². The zero-order chi connectivity index (χ0) is 11.5. The molecule has 1 amide bonds. The fourth-order valence-corrected chi connectivity index (χ4v) is 1.59. The van der Waals surface area contributed by atoms with Crippen molar-refractivity contribution in [2.24, 2.45) is 5.92 Å².